The molecular formula is C16H14BrNS. The van der Waals surface area contributed by atoms with Crippen LogP contribution < -0.4 is 0 Å². The summed E-state index contributed by atoms with van der Waals surface area (Å²) in [6.07, 6.45) is 1.94. The van der Waals surface area contributed by atoms with Crippen molar-refractivity contribution in [2.45, 2.75) is 6.92 Å². The van der Waals surface area contributed by atoms with Crippen LogP contribution in [-0.2, 0) is 0 Å². The van der Waals surface area contributed by atoms with Crippen LogP contribution in [0.15, 0.2) is 60.8 Å². The Kier molecular flexibility index (Phi) is 4.51. The Balaban J connectivity index is 0.00000133. The molecule has 0 aliphatic heterocycles. The van der Waals surface area contributed by atoms with Crippen molar-refractivity contribution in [3.05, 3.63) is 65.8 Å². The highest BCUT2D eigenvalue weighted by Crippen LogP contribution is 2.28. The minimum absolute atomic E-state index is 0. The molecule has 0 fully saturated rings. The Bertz CT molecular complexity index is 644. The zero-order valence-corrected chi connectivity index (χ0v) is 13.1. The van der Waals surface area contributed by atoms with E-state index in [0.717, 1.165) is 5.01 Å². The van der Waals surface area contributed by atoms with Gasteiger partial charge < -0.3 is 0 Å². The fourth-order valence-electron chi connectivity index (χ4n) is 1.95. The number of nitrogens with zero attached hydrogens (tertiary/aromatic N) is 1. The van der Waals surface area contributed by atoms with Crippen molar-refractivity contribution in [1.29, 1.82) is 0 Å². The normalized spacial score (nSPS) is 9.95. The molecule has 0 N–H and O–H groups in total. The van der Waals surface area contributed by atoms with Crippen molar-refractivity contribution in [2.24, 2.45) is 0 Å². The summed E-state index contributed by atoms with van der Waals surface area (Å²) in [6, 6.07) is 19.1. The van der Waals surface area contributed by atoms with Crippen LogP contribution in [0.25, 0.3) is 21.6 Å². The number of hydrogen-bond acceptors (Lipinski definition) is 2. The summed E-state index contributed by atoms with van der Waals surface area (Å²) < 4.78 is 0. The third-order valence-electron chi connectivity index (χ3n) is 2.90. The Morgan fingerprint density at radius 2 is 1.37 bits per heavy atom. The molecule has 96 valence electrons. The molecular weight excluding hydrogens is 318 g/mol. The van der Waals surface area contributed by atoms with E-state index in [1.807, 2.05) is 19.2 Å². The molecule has 3 aromatic rings. The van der Waals surface area contributed by atoms with E-state index in [1.165, 1.54) is 21.6 Å². The first-order chi connectivity index (χ1) is 8.83. The number of benzene rings is 2. The van der Waals surface area contributed by atoms with Crippen molar-refractivity contribution in [3.8, 4) is 21.6 Å². The largest absolute Gasteiger partial charge is 0.249 e. The highest BCUT2D eigenvalue weighted by molar-refractivity contribution is 8.93. The van der Waals surface area contributed by atoms with Gasteiger partial charge >= 0.3 is 0 Å². The lowest BCUT2D eigenvalue weighted by molar-refractivity contribution is 1.30. The highest BCUT2D eigenvalue weighted by atomic mass is 79.9. The Labute approximate surface area is 127 Å². The summed E-state index contributed by atoms with van der Waals surface area (Å²) in [5, 5.41) is 1.11. The Hall–Kier alpha value is -1.45. The summed E-state index contributed by atoms with van der Waals surface area (Å²) in [4.78, 5) is 5.52. The summed E-state index contributed by atoms with van der Waals surface area (Å²) in [5.41, 5.74) is 3.74. The van der Waals surface area contributed by atoms with E-state index in [4.69, 9.17) is 0 Å². The number of aryl methyl sites for hydroxylation is 1. The van der Waals surface area contributed by atoms with Gasteiger partial charge in [-0.1, -0.05) is 54.6 Å². The second-order valence-electron chi connectivity index (χ2n) is 4.19. The van der Waals surface area contributed by atoms with Gasteiger partial charge in [-0.25, -0.2) is 4.98 Å². The van der Waals surface area contributed by atoms with Crippen molar-refractivity contribution in [2.75, 3.05) is 0 Å². The van der Waals surface area contributed by atoms with Gasteiger partial charge in [0.1, 0.15) is 0 Å². The quantitative estimate of drug-likeness (QED) is 0.615. The lowest BCUT2D eigenvalue weighted by Gasteiger charge is -2.02. The molecule has 0 atom stereocenters. The van der Waals surface area contributed by atoms with Crippen molar-refractivity contribution < 1.29 is 0 Å². The lowest BCUT2D eigenvalue weighted by atomic mass is 10.0. The van der Waals surface area contributed by atoms with Crippen molar-refractivity contribution in [1.82, 2.24) is 4.98 Å². The van der Waals surface area contributed by atoms with Gasteiger partial charge in [0.25, 0.3) is 0 Å². The molecule has 0 unspecified atom stereocenters. The second kappa shape index (κ2) is 6.13. The fraction of sp³-hybridized carbons (Fsp3) is 0.0625. The molecule has 0 saturated carbocycles. The van der Waals surface area contributed by atoms with E-state index in [2.05, 4.69) is 53.5 Å². The van der Waals surface area contributed by atoms with Crippen LogP contribution in [0.5, 0.6) is 0 Å². The molecule has 1 aromatic heterocycles. The average molecular weight is 332 g/mol. The fourth-order valence-corrected chi connectivity index (χ4v) is 2.74. The predicted molar refractivity (Wildman–Crippen MR) is 88.0 cm³/mol. The topological polar surface area (TPSA) is 12.9 Å². The maximum absolute atomic E-state index is 4.29. The van der Waals surface area contributed by atoms with Gasteiger partial charge in [-0.2, -0.15) is 0 Å². The predicted octanol–water partition coefficient (Wildman–Crippen LogP) is 5.36. The zero-order valence-electron chi connectivity index (χ0n) is 10.5. The monoisotopic (exact) mass is 331 g/mol. The van der Waals surface area contributed by atoms with Crippen LogP contribution in [0, 0.1) is 6.92 Å². The van der Waals surface area contributed by atoms with Gasteiger partial charge in [-0.15, -0.1) is 28.3 Å². The summed E-state index contributed by atoms with van der Waals surface area (Å²) in [7, 11) is 0. The van der Waals surface area contributed by atoms with Gasteiger partial charge in [0.05, 0.1) is 9.88 Å². The smallest absolute Gasteiger partial charge is 0.0900 e. The molecule has 0 aliphatic carbocycles. The van der Waals surface area contributed by atoms with Gasteiger partial charge in [0.2, 0.25) is 0 Å². The maximum atomic E-state index is 4.29. The molecule has 0 aliphatic rings. The Morgan fingerprint density at radius 3 is 1.95 bits per heavy atom. The van der Waals surface area contributed by atoms with Gasteiger partial charge in [-0.3, -0.25) is 0 Å². The molecule has 0 amide bonds. The molecule has 2 aromatic carbocycles. The maximum Gasteiger partial charge on any atom is 0.0900 e. The number of hydrogen-bond donors (Lipinski definition) is 0. The summed E-state index contributed by atoms with van der Waals surface area (Å²) in [5.74, 6) is 0. The summed E-state index contributed by atoms with van der Waals surface area (Å²) >= 11 is 1.73. The average Bonchev–Trinajstić information content (AvgIpc) is 2.87. The van der Waals surface area contributed by atoms with Gasteiger partial charge in [-0.05, 0) is 23.6 Å². The van der Waals surface area contributed by atoms with E-state index >= 15 is 0 Å². The van der Waals surface area contributed by atoms with Crippen molar-refractivity contribution >= 4 is 28.3 Å². The number of rotatable bonds is 2. The third-order valence-corrected chi connectivity index (χ3v) is 3.86. The molecule has 0 radical (unpaired) electrons. The first-order valence-corrected chi connectivity index (χ1v) is 6.73. The Morgan fingerprint density at radius 1 is 0.789 bits per heavy atom. The molecule has 3 rings (SSSR count). The lowest BCUT2D eigenvalue weighted by Crippen LogP contribution is -1.77. The highest BCUT2D eigenvalue weighted by Gasteiger charge is 2.02. The van der Waals surface area contributed by atoms with E-state index in [0.29, 0.717) is 0 Å². The van der Waals surface area contributed by atoms with E-state index in [1.54, 1.807) is 11.3 Å². The molecule has 1 nitrogen and oxygen atoms in total. The van der Waals surface area contributed by atoms with E-state index < -0.39 is 0 Å². The van der Waals surface area contributed by atoms with E-state index in [9.17, 15) is 0 Å². The van der Waals surface area contributed by atoms with Crippen LogP contribution in [0.4, 0.5) is 0 Å². The van der Waals surface area contributed by atoms with Crippen LogP contribution in [0.3, 0.4) is 0 Å². The van der Waals surface area contributed by atoms with Crippen LogP contribution >= 0.6 is 28.3 Å². The molecule has 3 heteroatoms. The SMILES string of the molecule is Br.Cc1ncc(-c2ccc(-c3ccccc3)cc2)s1. The zero-order chi connectivity index (χ0) is 12.4. The number of thiazole rings is 1. The molecule has 19 heavy (non-hydrogen) atoms. The van der Waals surface area contributed by atoms with Crippen LogP contribution in [0.1, 0.15) is 5.01 Å². The third kappa shape index (κ3) is 3.11. The second-order valence-corrected chi connectivity index (χ2v) is 5.42. The summed E-state index contributed by atoms with van der Waals surface area (Å²) in [6.45, 7) is 2.03. The molecule has 1 heterocycles. The minimum Gasteiger partial charge on any atom is -0.249 e. The molecule has 0 saturated heterocycles. The minimum atomic E-state index is 0. The van der Waals surface area contributed by atoms with E-state index in [-0.39, 0.29) is 17.0 Å². The van der Waals surface area contributed by atoms with Crippen LogP contribution in [0.2, 0.25) is 0 Å². The number of halogens is 1. The molecule has 0 bridgehead atoms. The molecule has 0 spiro atoms. The number of aromatic nitrogens is 1. The first-order valence-electron chi connectivity index (χ1n) is 5.91. The van der Waals surface area contributed by atoms with Crippen molar-refractivity contribution in [3.63, 3.8) is 0 Å². The van der Waals surface area contributed by atoms with Gasteiger partial charge in [0.15, 0.2) is 0 Å². The van der Waals surface area contributed by atoms with Gasteiger partial charge in [0, 0.05) is 6.20 Å². The first kappa shape index (κ1) is 14.0. The standard InChI is InChI=1S/C16H13NS.BrH/c1-12-17-11-16(18-12)15-9-7-14(8-10-15)13-5-3-2-4-6-13;/h2-11H,1H3;1H. The van der Waals surface area contributed by atoms with Crippen LogP contribution in [-0.4, -0.2) is 4.98 Å².